The molecule has 3 N–H and O–H groups in total. The molecule has 0 heterocycles. The minimum absolute atomic E-state index is 0.0877. The van der Waals surface area contributed by atoms with Gasteiger partial charge in [-0.1, -0.05) is 36.5 Å². The largest absolute Gasteiger partial charge is 0.335 e. The summed E-state index contributed by atoms with van der Waals surface area (Å²) in [6.07, 6.45) is 1.35. The topological polar surface area (TPSA) is 75.4 Å². The monoisotopic (exact) mass is 345 g/mol. The number of halogens is 2. The number of amides is 2. The van der Waals surface area contributed by atoms with Crippen molar-refractivity contribution >= 4 is 40.7 Å². The van der Waals surface area contributed by atoms with E-state index in [2.05, 4.69) is 5.32 Å². The van der Waals surface area contributed by atoms with Crippen LogP contribution in [0, 0.1) is 0 Å². The van der Waals surface area contributed by atoms with Crippen LogP contribution in [-0.2, 0) is 9.59 Å². The zero-order valence-electron chi connectivity index (χ0n) is 13.0. The van der Waals surface area contributed by atoms with Gasteiger partial charge in [0.1, 0.15) is 0 Å². The van der Waals surface area contributed by atoms with Crippen molar-refractivity contribution in [1.29, 1.82) is 0 Å². The van der Waals surface area contributed by atoms with E-state index in [4.69, 9.17) is 28.9 Å². The van der Waals surface area contributed by atoms with Crippen molar-refractivity contribution in [1.82, 2.24) is 4.90 Å². The standard InChI is InChI=1S/C15H21Cl2N3O2/c1-4-7-15(2,18)14(22)20(3)9-13(21)19-10-5-6-11(16)12(17)8-10/h5-6,8H,4,7,9,18H2,1-3H3,(H,19,21). The Bertz CT molecular complexity index is 562. The molecule has 0 spiro atoms. The summed E-state index contributed by atoms with van der Waals surface area (Å²) in [6.45, 7) is 3.54. The van der Waals surface area contributed by atoms with Crippen molar-refractivity contribution < 1.29 is 9.59 Å². The molecular formula is C15H21Cl2N3O2. The summed E-state index contributed by atoms with van der Waals surface area (Å²) in [4.78, 5) is 25.5. The van der Waals surface area contributed by atoms with Gasteiger partial charge in [0.25, 0.3) is 0 Å². The number of likely N-dealkylation sites (N-methyl/N-ethyl adjacent to an activating group) is 1. The lowest BCUT2D eigenvalue weighted by molar-refractivity contribution is -0.137. The number of rotatable bonds is 6. The molecule has 122 valence electrons. The van der Waals surface area contributed by atoms with E-state index in [-0.39, 0.29) is 18.4 Å². The summed E-state index contributed by atoms with van der Waals surface area (Å²) < 4.78 is 0. The summed E-state index contributed by atoms with van der Waals surface area (Å²) >= 11 is 11.7. The van der Waals surface area contributed by atoms with Crippen molar-refractivity contribution in [3.8, 4) is 0 Å². The van der Waals surface area contributed by atoms with Crippen molar-refractivity contribution in [2.75, 3.05) is 18.9 Å². The maximum absolute atomic E-state index is 12.2. The number of carbonyl (C=O) groups is 2. The highest BCUT2D eigenvalue weighted by molar-refractivity contribution is 6.42. The number of anilines is 1. The fourth-order valence-electron chi connectivity index (χ4n) is 2.12. The molecule has 1 aromatic carbocycles. The Labute approximate surface area is 140 Å². The molecular weight excluding hydrogens is 325 g/mol. The second kappa shape index (κ2) is 7.81. The van der Waals surface area contributed by atoms with Crippen molar-refractivity contribution in [2.45, 2.75) is 32.2 Å². The van der Waals surface area contributed by atoms with Crippen LogP contribution in [0.4, 0.5) is 5.69 Å². The highest BCUT2D eigenvalue weighted by Crippen LogP contribution is 2.25. The second-order valence-electron chi connectivity index (χ2n) is 5.51. The maximum Gasteiger partial charge on any atom is 0.243 e. The van der Waals surface area contributed by atoms with Gasteiger partial charge in [-0.25, -0.2) is 0 Å². The van der Waals surface area contributed by atoms with Gasteiger partial charge in [0.05, 0.1) is 22.1 Å². The van der Waals surface area contributed by atoms with Gasteiger partial charge in [-0.15, -0.1) is 0 Å². The Hall–Kier alpha value is -1.30. The Morgan fingerprint density at radius 1 is 1.32 bits per heavy atom. The number of nitrogens with zero attached hydrogens (tertiary/aromatic N) is 1. The van der Waals surface area contributed by atoms with E-state index in [9.17, 15) is 9.59 Å². The predicted molar refractivity (Wildman–Crippen MR) is 90.2 cm³/mol. The molecule has 0 bridgehead atoms. The molecule has 0 saturated carbocycles. The fourth-order valence-corrected chi connectivity index (χ4v) is 2.42. The van der Waals surface area contributed by atoms with Crippen LogP contribution in [0.5, 0.6) is 0 Å². The lowest BCUT2D eigenvalue weighted by atomic mass is 9.96. The van der Waals surface area contributed by atoms with E-state index >= 15 is 0 Å². The third kappa shape index (κ3) is 5.16. The third-order valence-corrected chi connectivity index (χ3v) is 3.93. The summed E-state index contributed by atoms with van der Waals surface area (Å²) in [5.41, 5.74) is 5.53. The van der Waals surface area contributed by atoms with Gasteiger partial charge in [-0.05, 0) is 31.5 Å². The molecule has 0 fully saturated rings. The van der Waals surface area contributed by atoms with Crippen LogP contribution in [0.15, 0.2) is 18.2 Å². The van der Waals surface area contributed by atoms with Gasteiger partial charge >= 0.3 is 0 Å². The van der Waals surface area contributed by atoms with E-state index < -0.39 is 5.54 Å². The average molecular weight is 346 g/mol. The summed E-state index contributed by atoms with van der Waals surface area (Å²) in [6, 6.07) is 4.78. The molecule has 1 atom stereocenters. The Morgan fingerprint density at radius 2 is 1.95 bits per heavy atom. The van der Waals surface area contributed by atoms with E-state index in [1.54, 1.807) is 32.2 Å². The highest BCUT2D eigenvalue weighted by Gasteiger charge is 2.30. The molecule has 0 aliphatic heterocycles. The first-order chi connectivity index (χ1) is 10.2. The molecule has 0 saturated heterocycles. The van der Waals surface area contributed by atoms with E-state index in [1.807, 2.05) is 6.92 Å². The molecule has 0 aliphatic rings. The molecule has 22 heavy (non-hydrogen) atoms. The summed E-state index contributed by atoms with van der Waals surface area (Å²) in [5, 5.41) is 3.42. The number of hydrogen-bond donors (Lipinski definition) is 2. The summed E-state index contributed by atoms with van der Waals surface area (Å²) in [7, 11) is 1.55. The number of nitrogens with two attached hydrogens (primary N) is 1. The van der Waals surface area contributed by atoms with Crippen molar-refractivity contribution in [2.24, 2.45) is 5.73 Å². The van der Waals surface area contributed by atoms with Gasteiger partial charge in [0.15, 0.2) is 0 Å². The van der Waals surface area contributed by atoms with Crippen molar-refractivity contribution in [3.05, 3.63) is 28.2 Å². The van der Waals surface area contributed by atoms with Crippen LogP contribution in [0.1, 0.15) is 26.7 Å². The summed E-state index contributed by atoms with van der Waals surface area (Å²) in [5.74, 6) is -0.597. The minimum Gasteiger partial charge on any atom is -0.335 e. The van der Waals surface area contributed by atoms with Gasteiger partial charge in [0, 0.05) is 12.7 Å². The Morgan fingerprint density at radius 3 is 2.50 bits per heavy atom. The molecule has 1 aromatic rings. The predicted octanol–water partition coefficient (Wildman–Crippen LogP) is 2.91. The lowest BCUT2D eigenvalue weighted by Gasteiger charge is -2.28. The number of benzene rings is 1. The SMILES string of the molecule is CCCC(C)(N)C(=O)N(C)CC(=O)Nc1ccc(Cl)c(Cl)c1. The zero-order chi connectivity index (χ0) is 16.9. The van der Waals surface area contributed by atoms with Crippen LogP contribution in [-0.4, -0.2) is 35.8 Å². The zero-order valence-corrected chi connectivity index (χ0v) is 14.5. The molecule has 1 rings (SSSR count). The smallest absolute Gasteiger partial charge is 0.243 e. The first kappa shape index (κ1) is 18.7. The maximum atomic E-state index is 12.2. The molecule has 1 unspecified atom stereocenters. The Balaban J connectivity index is 2.64. The molecule has 0 radical (unpaired) electrons. The molecule has 5 nitrogen and oxygen atoms in total. The highest BCUT2D eigenvalue weighted by atomic mass is 35.5. The van der Waals surface area contributed by atoms with Gasteiger partial charge in [-0.3, -0.25) is 9.59 Å². The normalized spacial score (nSPS) is 13.4. The van der Waals surface area contributed by atoms with E-state index in [0.717, 1.165) is 6.42 Å². The van der Waals surface area contributed by atoms with Crippen LogP contribution < -0.4 is 11.1 Å². The van der Waals surface area contributed by atoms with Gasteiger partial charge in [-0.2, -0.15) is 0 Å². The molecule has 7 heteroatoms. The average Bonchev–Trinajstić information content (AvgIpc) is 2.41. The first-order valence-electron chi connectivity index (χ1n) is 6.96. The second-order valence-corrected chi connectivity index (χ2v) is 6.32. The van der Waals surface area contributed by atoms with Crippen LogP contribution >= 0.6 is 23.2 Å². The van der Waals surface area contributed by atoms with Crippen LogP contribution in [0.2, 0.25) is 10.0 Å². The number of carbonyl (C=O) groups excluding carboxylic acids is 2. The molecule has 0 aliphatic carbocycles. The van der Waals surface area contributed by atoms with E-state index in [0.29, 0.717) is 22.2 Å². The molecule has 2 amide bonds. The van der Waals surface area contributed by atoms with E-state index in [1.165, 1.54) is 4.90 Å². The van der Waals surface area contributed by atoms with Crippen molar-refractivity contribution in [3.63, 3.8) is 0 Å². The number of nitrogens with one attached hydrogen (secondary N) is 1. The van der Waals surface area contributed by atoms with Gasteiger partial charge in [0.2, 0.25) is 11.8 Å². The number of hydrogen-bond acceptors (Lipinski definition) is 3. The quantitative estimate of drug-likeness (QED) is 0.832. The Kier molecular flexibility index (Phi) is 6.66. The molecule has 0 aromatic heterocycles. The third-order valence-electron chi connectivity index (χ3n) is 3.19. The van der Waals surface area contributed by atoms with Crippen LogP contribution in [0.3, 0.4) is 0 Å². The first-order valence-corrected chi connectivity index (χ1v) is 7.72. The fraction of sp³-hybridized carbons (Fsp3) is 0.467. The van der Waals surface area contributed by atoms with Gasteiger partial charge < -0.3 is 16.0 Å². The lowest BCUT2D eigenvalue weighted by Crippen LogP contribution is -2.53. The minimum atomic E-state index is -0.965. The van der Waals surface area contributed by atoms with Crippen LogP contribution in [0.25, 0.3) is 0 Å².